The number of nitrogen functional groups attached to an aromatic ring is 1. The summed E-state index contributed by atoms with van der Waals surface area (Å²) in [5.41, 5.74) is 8.75. The van der Waals surface area contributed by atoms with Crippen molar-refractivity contribution in [1.82, 2.24) is 14.9 Å². The van der Waals surface area contributed by atoms with Crippen LogP contribution in [0.3, 0.4) is 0 Å². The van der Waals surface area contributed by atoms with Crippen LogP contribution in [0, 0.1) is 19.7 Å². The third-order valence-corrected chi connectivity index (χ3v) is 5.38. The molecule has 190 valence electrons. The maximum Gasteiger partial charge on any atom is 1.00 e. The van der Waals surface area contributed by atoms with Gasteiger partial charge in [-0.15, -0.1) is 6.54 Å². The number of carbonyl (C=O) groups excluding carboxylic acids is 1. The number of carboxylic acid groups (broad SMARTS) is 1. The average Bonchev–Trinajstić information content (AvgIpc) is 2.78. The zero-order valence-electron chi connectivity index (χ0n) is 20.8. The summed E-state index contributed by atoms with van der Waals surface area (Å²) in [6.07, 6.45) is -1.64. The maximum absolute atomic E-state index is 13.5. The van der Waals surface area contributed by atoms with Crippen molar-refractivity contribution in [2.24, 2.45) is 0 Å². The molecule has 0 bridgehead atoms. The number of amides is 1. The van der Waals surface area contributed by atoms with Gasteiger partial charge in [-0.3, -0.25) is 4.90 Å². The molecular formula is C25H27FLiN5O5. The van der Waals surface area contributed by atoms with Crippen molar-refractivity contribution >= 4 is 17.8 Å². The van der Waals surface area contributed by atoms with Gasteiger partial charge < -0.3 is 31.2 Å². The number of aliphatic hydroxyl groups excluding tert-OH is 1. The number of hydrogen-bond acceptors (Lipinski definition) is 8. The van der Waals surface area contributed by atoms with Crippen molar-refractivity contribution in [1.29, 1.82) is 0 Å². The van der Waals surface area contributed by atoms with Crippen molar-refractivity contribution in [3.05, 3.63) is 92.8 Å². The predicted octanol–water partition coefficient (Wildman–Crippen LogP) is -0.456. The van der Waals surface area contributed by atoms with Crippen LogP contribution in [0.25, 0.3) is 5.32 Å². The number of aliphatic hydroxyl groups is 2. The number of nitrogens with two attached hydrogens (primary N) is 1. The molecule has 0 aliphatic rings. The summed E-state index contributed by atoms with van der Waals surface area (Å²) in [6.45, 7) is 3.54. The molecule has 3 aromatic rings. The van der Waals surface area contributed by atoms with Crippen LogP contribution in [0.4, 0.5) is 10.3 Å². The summed E-state index contributed by atoms with van der Waals surface area (Å²) in [5.74, 6) is -2.14. The Kier molecular flexibility index (Phi) is 10.7. The second kappa shape index (κ2) is 13.3. The molecule has 0 fully saturated rings. The van der Waals surface area contributed by atoms with E-state index in [4.69, 9.17) is 5.73 Å². The van der Waals surface area contributed by atoms with E-state index in [9.17, 15) is 29.3 Å². The summed E-state index contributed by atoms with van der Waals surface area (Å²) in [4.78, 5) is 33.7. The molecule has 3 rings (SSSR count). The molecule has 5 N–H and O–H groups in total. The van der Waals surface area contributed by atoms with Crippen LogP contribution in [0.5, 0.6) is 0 Å². The fourth-order valence-corrected chi connectivity index (χ4v) is 3.73. The van der Waals surface area contributed by atoms with E-state index < -0.39 is 18.2 Å². The van der Waals surface area contributed by atoms with Gasteiger partial charge in [0.25, 0.3) is 0 Å². The Morgan fingerprint density at radius 3 is 2.32 bits per heavy atom. The van der Waals surface area contributed by atoms with Gasteiger partial charge in [-0.05, 0) is 48.7 Å². The van der Waals surface area contributed by atoms with E-state index in [1.165, 1.54) is 18.2 Å². The first-order chi connectivity index (χ1) is 17.0. The number of carbonyl (C=O) groups is 2. The molecule has 0 aliphatic heterocycles. The van der Waals surface area contributed by atoms with E-state index in [0.29, 0.717) is 22.4 Å². The number of aromatic carboxylic acids is 1. The number of benzene rings is 2. The Hall–Kier alpha value is -3.33. The summed E-state index contributed by atoms with van der Waals surface area (Å²) in [5, 5.41) is 32.3. The number of aryl methyl sites for hydroxylation is 2. The van der Waals surface area contributed by atoms with Crippen LogP contribution in [-0.2, 0) is 19.6 Å². The standard InChI is InChI=1S/C25H28FN5O5.Li/c1-14-7-17(3-5-19(14)24(35)36)11-31(13-22(32)33)12-18-9-21(30-25(27)29-18)23(34)28-10-16-4-6-20(26)15(2)8-16;/h3-9,22,32-33H,10-13H2,1-2H3,(H4,27,28,29,30,34,35,36);/q;+1/p-1. The molecule has 0 saturated carbocycles. The molecule has 0 atom stereocenters. The number of anilines is 1. The first-order valence-electron chi connectivity index (χ1n) is 11.0. The van der Waals surface area contributed by atoms with Crippen molar-refractivity contribution in [3.8, 4) is 0 Å². The molecule has 0 aliphatic carbocycles. The smallest absolute Gasteiger partial charge is 0.644 e. The van der Waals surface area contributed by atoms with E-state index in [-0.39, 0.29) is 68.1 Å². The fraction of sp³-hybridized carbons (Fsp3) is 0.280. The Balaban J connectivity index is 0.00000481. The Morgan fingerprint density at radius 2 is 1.70 bits per heavy atom. The van der Waals surface area contributed by atoms with E-state index >= 15 is 0 Å². The molecule has 0 saturated heterocycles. The fourth-order valence-electron chi connectivity index (χ4n) is 3.73. The van der Waals surface area contributed by atoms with Crippen LogP contribution >= 0.6 is 0 Å². The van der Waals surface area contributed by atoms with Crippen molar-refractivity contribution in [3.63, 3.8) is 0 Å². The number of nitrogens with zero attached hydrogens (tertiary/aromatic N) is 4. The number of hydrogen-bond donors (Lipinski definition) is 4. The number of aromatic nitrogens is 2. The molecule has 0 spiro atoms. The minimum atomic E-state index is -1.64. The summed E-state index contributed by atoms with van der Waals surface area (Å²) < 4.78 is 13.5. The molecule has 0 radical (unpaired) electrons. The maximum atomic E-state index is 13.5. The molecule has 12 heteroatoms. The van der Waals surface area contributed by atoms with Crippen molar-refractivity contribution < 1.29 is 48.2 Å². The van der Waals surface area contributed by atoms with Gasteiger partial charge in [0.1, 0.15) is 11.7 Å². The van der Waals surface area contributed by atoms with Crippen LogP contribution in [0.2, 0.25) is 0 Å². The van der Waals surface area contributed by atoms with Crippen LogP contribution in [0.1, 0.15) is 48.8 Å². The largest absolute Gasteiger partial charge is 1.00 e. The monoisotopic (exact) mass is 503 g/mol. The topological polar surface area (TPSA) is 164 Å². The molecule has 1 amide bonds. The van der Waals surface area contributed by atoms with Crippen LogP contribution < -0.4 is 24.6 Å². The average molecular weight is 503 g/mol. The predicted molar refractivity (Wildman–Crippen MR) is 129 cm³/mol. The molecule has 10 nitrogen and oxygen atoms in total. The van der Waals surface area contributed by atoms with Gasteiger partial charge in [-0.1, -0.05) is 29.8 Å². The van der Waals surface area contributed by atoms with Crippen molar-refractivity contribution in [2.45, 2.75) is 39.8 Å². The minimum Gasteiger partial charge on any atom is -0.644 e. The normalized spacial score (nSPS) is 10.9. The van der Waals surface area contributed by atoms with E-state index in [0.717, 1.165) is 5.56 Å². The zero-order valence-corrected chi connectivity index (χ0v) is 20.8. The molecule has 1 heterocycles. The number of rotatable bonds is 10. The summed E-state index contributed by atoms with van der Waals surface area (Å²) in [6, 6.07) is 10.7. The minimum absolute atomic E-state index is 0. The molecule has 37 heavy (non-hydrogen) atoms. The second-order valence-corrected chi connectivity index (χ2v) is 8.41. The van der Waals surface area contributed by atoms with Crippen LogP contribution in [0.15, 0.2) is 42.5 Å². The van der Waals surface area contributed by atoms with Gasteiger partial charge >= 0.3 is 24.8 Å². The van der Waals surface area contributed by atoms with Gasteiger partial charge in [0.05, 0.1) is 17.0 Å². The first kappa shape index (κ1) is 29.9. The Bertz CT molecular complexity index is 1270. The van der Waals surface area contributed by atoms with Gasteiger partial charge in [0.15, 0.2) is 6.29 Å². The first-order valence-corrected chi connectivity index (χ1v) is 11.0. The molecular weight excluding hydrogens is 476 g/mol. The number of halogens is 1. The Labute approximate surface area is 225 Å². The number of carboxylic acids is 1. The van der Waals surface area contributed by atoms with E-state index in [1.807, 2.05) is 0 Å². The zero-order chi connectivity index (χ0) is 26.4. The summed E-state index contributed by atoms with van der Waals surface area (Å²) >= 11 is 0. The van der Waals surface area contributed by atoms with Crippen LogP contribution in [-0.4, -0.2) is 54.9 Å². The summed E-state index contributed by atoms with van der Waals surface area (Å²) in [7, 11) is 0. The second-order valence-electron chi connectivity index (χ2n) is 8.41. The van der Waals surface area contributed by atoms with E-state index in [2.05, 4.69) is 15.3 Å². The molecule has 1 aromatic heterocycles. The third-order valence-electron chi connectivity index (χ3n) is 5.38. The quantitative estimate of drug-likeness (QED) is 0.212. The SMILES string of the molecule is Cc1cc(C[N-]C(=O)c2cc(CN(Cc3ccc(C(=O)O)c(C)c3)CC(O)O)nc(N)n2)ccc1F.[Li+]. The van der Waals surface area contributed by atoms with Gasteiger partial charge in [0.2, 0.25) is 5.95 Å². The van der Waals surface area contributed by atoms with E-state index in [1.54, 1.807) is 43.0 Å². The molecule has 2 aromatic carbocycles. The van der Waals surface area contributed by atoms with Gasteiger partial charge in [-0.25, -0.2) is 19.2 Å². The van der Waals surface area contributed by atoms with Crippen molar-refractivity contribution in [2.75, 3.05) is 12.3 Å². The van der Waals surface area contributed by atoms with Gasteiger partial charge in [0, 0.05) is 19.6 Å². The molecule has 0 unspecified atom stereocenters. The third kappa shape index (κ3) is 8.63. The Morgan fingerprint density at radius 1 is 1.03 bits per heavy atom. The van der Waals surface area contributed by atoms with Gasteiger partial charge in [-0.2, -0.15) is 0 Å².